The predicted octanol–water partition coefficient (Wildman–Crippen LogP) is 9.67. The van der Waals surface area contributed by atoms with Gasteiger partial charge in [0.15, 0.2) is 5.69 Å². The van der Waals surface area contributed by atoms with E-state index in [4.69, 9.17) is 4.74 Å². The molecular weight excluding hydrogens is 685 g/mol. The highest BCUT2D eigenvalue weighted by Crippen LogP contribution is 2.44. The smallest absolute Gasteiger partial charge is 0.435 e. The number of likely N-dealkylation sites (tertiary alicyclic amines) is 2. The molecule has 2 fully saturated rings. The lowest BCUT2D eigenvalue weighted by Gasteiger charge is -2.30. The molecule has 2 amide bonds. The summed E-state index contributed by atoms with van der Waals surface area (Å²) >= 11 is 0. The van der Waals surface area contributed by atoms with Crippen LogP contribution in [0.3, 0.4) is 0 Å². The molecule has 0 spiro atoms. The van der Waals surface area contributed by atoms with E-state index < -0.39 is 29.5 Å². The fourth-order valence-corrected chi connectivity index (χ4v) is 7.46. The third kappa shape index (κ3) is 7.24. The summed E-state index contributed by atoms with van der Waals surface area (Å²) in [5.74, 6) is 0.790. The van der Waals surface area contributed by atoms with Gasteiger partial charge < -0.3 is 19.4 Å². The van der Waals surface area contributed by atoms with Crippen LogP contribution in [0.4, 0.5) is 22.8 Å². The van der Waals surface area contributed by atoms with E-state index in [0.29, 0.717) is 30.8 Å². The third-order valence-corrected chi connectivity index (χ3v) is 9.93. The van der Waals surface area contributed by atoms with Crippen molar-refractivity contribution in [3.8, 4) is 33.6 Å². The number of aromatic amines is 1. The number of carbonyl (C=O) groups excluding carboxylic acids is 1. The normalized spacial score (nSPS) is 17.8. The van der Waals surface area contributed by atoms with Crippen LogP contribution in [-0.4, -0.2) is 59.7 Å². The largest absolute Gasteiger partial charge is 0.465 e. The first kappa shape index (κ1) is 35.8. The van der Waals surface area contributed by atoms with E-state index in [-0.39, 0.29) is 36.8 Å². The molecule has 0 saturated carbocycles. The molecule has 5 aromatic rings. The summed E-state index contributed by atoms with van der Waals surface area (Å²) < 4.78 is 50.9. The molecule has 2 atom stereocenters. The summed E-state index contributed by atoms with van der Waals surface area (Å²) in [6.45, 7) is 6.42. The zero-order valence-corrected chi connectivity index (χ0v) is 29.7. The topological polar surface area (TPSA) is 117 Å². The Hall–Kier alpha value is -5.59. The quantitative estimate of drug-likeness (QED) is 0.173. The van der Waals surface area contributed by atoms with Gasteiger partial charge in [0.25, 0.3) is 0 Å². The van der Waals surface area contributed by atoms with Crippen LogP contribution >= 0.6 is 0 Å². The van der Waals surface area contributed by atoms with Gasteiger partial charge in [-0.2, -0.15) is 13.2 Å². The van der Waals surface area contributed by atoms with Crippen LogP contribution in [-0.2, 0) is 23.1 Å². The maximum atomic E-state index is 14.6. The number of amides is 2. The predicted molar refractivity (Wildman–Crippen MR) is 193 cm³/mol. The SMILES string of the molecule is CC(C)(C)n1c([C@@H]2CCCN2C(=O)O)nc(C(F)(F)F)c1-c1ccc(-c2ccc(-c3cnc([C@@H]4CCCN4C(=O)OCc4ccccc4)[nH]3)cc2)cc1. The monoisotopic (exact) mass is 726 g/mol. The number of rotatable bonds is 7. The number of nitrogens with zero attached hydrogens (tertiary/aromatic N) is 5. The number of hydrogen-bond acceptors (Lipinski definition) is 5. The Kier molecular flexibility index (Phi) is 9.52. The average Bonchev–Trinajstić information content (AvgIpc) is 3.96. The Balaban J connectivity index is 1.10. The summed E-state index contributed by atoms with van der Waals surface area (Å²) in [6.07, 6.45) is -2.00. The van der Waals surface area contributed by atoms with Crippen molar-refractivity contribution >= 4 is 12.2 Å². The van der Waals surface area contributed by atoms with Gasteiger partial charge in [0, 0.05) is 24.2 Å². The fourth-order valence-electron chi connectivity index (χ4n) is 7.46. The first-order chi connectivity index (χ1) is 25.3. The molecule has 10 nitrogen and oxygen atoms in total. The zero-order valence-electron chi connectivity index (χ0n) is 29.7. The van der Waals surface area contributed by atoms with Crippen molar-refractivity contribution in [2.24, 2.45) is 0 Å². The average molecular weight is 727 g/mol. The second-order valence-electron chi connectivity index (χ2n) is 14.5. The minimum absolute atomic E-state index is 0.0838. The third-order valence-electron chi connectivity index (χ3n) is 9.93. The van der Waals surface area contributed by atoms with E-state index in [1.165, 1.54) is 4.90 Å². The van der Waals surface area contributed by atoms with E-state index in [2.05, 4.69) is 15.0 Å². The van der Waals surface area contributed by atoms with Crippen LogP contribution in [0.1, 0.15) is 81.4 Å². The summed E-state index contributed by atoms with van der Waals surface area (Å²) in [5, 5.41) is 9.78. The highest BCUT2D eigenvalue weighted by atomic mass is 19.4. The number of H-pyrrole nitrogens is 1. The van der Waals surface area contributed by atoms with Gasteiger partial charge in [-0.1, -0.05) is 78.9 Å². The fraction of sp³-hybridized carbons (Fsp3) is 0.350. The van der Waals surface area contributed by atoms with Gasteiger partial charge in [-0.15, -0.1) is 0 Å². The lowest BCUT2D eigenvalue weighted by molar-refractivity contribution is -0.140. The van der Waals surface area contributed by atoms with Crippen molar-refractivity contribution in [1.82, 2.24) is 29.3 Å². The van der Waals surface area contributed by atoms with E-state index >= 15 is 0 Å². The van der Waals surface area contributed by atoms with E-state index in [1.54, 1.807) is 60.7 Å². The summed E-state index contributed by atoms with van der Waals surface area (Å²) in [5.41, 5.74) is 2.68. The number of hydrogen-bond donors (Lipinski definition) is 2. The molecule has 2 aliphatic heterocycles. The van der Waals surface area contributed by atoms with Gasteiger partial charge in [-0.05, 0) is 68.7 Å². The first-order valence-corrected chi connectivity index (χ1v) is 17.7. The number of benzene rings is 3. The van der Waals surface area contributed by atoms with Gasteiger partial charge >= 0.3 is 18.4 Å². The summed E-state index contributed by atoms with van der Waals surface area (Å²) in [4.78, 5) is 39.9. The standard InChI is InChI=1S/C40H41F3N6O4/c1-39(2,3)49-33(34(40(41,42)43)46-36(49)32-12-8-21-47(32)37(50)51)29-19-15-27(16-20-29)26-13-17-28(18-14-26)30-23-44-35(45-30)31-11-7-22-48(31)38(52)53-24-25-9-5-4-6-10-25/h4-6,9-10,13-20,23,31-32H,7-8,11-12,21-22,24H2,1-3H3,(H,44,45)(H,50,51)/t31-,32-/m0/s1. The van der Waals surface area contributed by atoms with Gasteiger partial charge in [-0.3, -0.25) is 9.80 Å². The summed E-state index contributed by atoms with van der Waals surface area (Å²) in [7, 11) is 0. The van der Waals surface area contributed by atoms with Crippen LogP contribution in [0.2, 0.25) is 0 Å². The summed E-state index contributed by atoms with van der Waals surface area (Å²) in [6, 6.07) is 23.2. The van der Waals surface area contributed by atoms with E-state index in [9.17, 15) is 27.9 Å². The molecule has 0 unspecified atom stereocenters. The first-order valence-electron chi connectivity index (χ1n) is 17.7. The molecule has 0 radical (unpaired) electrons. The van der Waals surface area contributed by atoms with Crippen molar-refractivity contribution < 1.29 is 32.6 Å². The molecule has 0 aliphatic carbocycles. The minimum atomic E-state index is -4.75. The molecule has 0 bridgehead atoms. The number of aromatic nitrogens is 4. The number of ether oxygens (including phenoxy) is 1. The van der Waals surface area contributed by atoms with Gasteiger partial charge in [0.1, 0.15) is 18.3 Å². The second kappa shape index (κ2) is 14.1. The lowest BCUT2D eigenvalue weighted by atomic mass is 9.99. The molecule has 2 aromatic heterocycles. The van der Waals surface area contributed by atoms with Gasteiger partial charge in [0.05, 0.1) is 29.7 Å². The van der Waals surface area contributed by atoms with Crippen molar-refractivity contribution in [2.45, 2.75) is 76.9 Å². The van der Waals surface area contributed by atoms with E-state index in [0.717, 1.165) is 40.8 Å². The van der Waals surface area contributed by atoms with Gasteiger partial charge in [-0.25, -0.2) is 19.6 Å². The van der Waals surface area contributed by atoms with Crippen LogP contribution in [0.15, 0.2) is 85.1 Å². The Morgan fingerprint density at radius 1 is 0.830 bits per heavy atom. The number of halogens is 3. The van der Waals surface area contributed by atoms with Crippen molar-refractivity contribution in [2.75, 3.05) is 13.1 Å². The highest BCUT2D eigenvalue weighted by molar-refractivity contribution is 5.73. The van der Waals surface area contributed by atoms with Gasteiger partial charge in [0.2, 0.25) is 0 Å². The molecule has 2 aliphatic rings. The second-order valence-corrected chi connectivity index (χ2v) is 14.5. The lowest BCUT2D eigenvalue weighted by Crippen LogP contribution is -2.33. The van der Waals surface area contributed by atoms with Crippen molar-refractivity contribution in [3.63, 3.8) is 0 Å². The minimum Gasteiger partial charge on any atom is -0.465 e. The van der Waals surface area contributed by atoms with Crippen molar-refractivity contribution in [3.05, 3.63) is 108 Å². The maximum Gasteiger partial charge on any atom is 0.435 e. The number of carbonyl (C=O) groups is 2. The Morgan fingerprint density at radius 3 is 2.02 bits per heavy atom. The molecule has 7 rings (SSSR count). The Labute approximate surface area is 305 Å². The molecular formula is C40H41F3N6O4. The molecule has 53 heavy (non-hydrogen) atoms. The Morgan fingerprint density at radius 2 is 1.42 bits per heavy atom. The van der Waals surface area contributed by atoms with Crippen LogP contribution in [0, 0.1) is 0 Å². The Bertz CT molecular complexity index is 2090. The maximum absolute atomic E-state index is 14.6. The highest BCUT2D eigenvalue weighted by Gasteiger charge is 2.44. The number of alkyl halides is 3. The zero-order chi connectivity index (χ0) is 37.5. The van der Waals surface area contributed by atoms with Crippen LogP contribution in [0.5, 0.6) is 0 Å². The molecule has 2 N–H and O–H groups in total. The van der Waals surface area contributed by atoms with Crippen LogP contribution in [0.25, 0.3) is 33.6 Å². The molecule has 4 heterocycles. The molecule has 3 aromatic carbocycles. The number of imidazole rings is 2. The number of carboxylic acid groups (broad SMARTS) is 1. The van der Waals surface area contributed by atoms with Crippen LogP contribution < -0.4 is 0 Å². The molecule has 13 heteroatoms. The van der Waals surface area contributed by atoms with Crippen molar-refractivity contribution in [1.29, 1.82) is 0 Å². The van der Waals surface area contributed by atoms with E-state index in [1.807, 2.05) is 54.6 Å². The molecule has 276 valence electrons. The molecule has 2 saturated heterocycles. The number of nitrogens with one attached hydrogen (secondary N) is 1.